The molecule has 0 atom stereocenters. The van der Waals surface area contributed by atoms with Gasteiger partial charge >= 0.3 is 0 Å². The van der Waals surface area contributed by atoms with Crippen LogP contribution in [0.4, 0.5) is 0 Å². The summed E-state index contributed by atoms with van der Waals surface area (Å²) < 4.78 is 7.97. The maximum atomic E-state index is 2.70. The molecule has 1 aliphatic heterocycles. The Kier molecular flexibility index (Phi) is 7.59. The number of hydrogen-bond donors (Lipinski definition) is 0. The summed E-state index contributed by atoms with van der Waals surface area (Å²) in [4.78, 5) is 2.44. The highest BCUT2D eigenvalue weighted by atomic mass is 31.2. The molecule has 1 heterocycles. The third kappa shape index (κ3) is 5.09. The predicted octanol–water partition coefficient (Wildman–Crippen LogP) is 5.30. The Labute approximate surface area is 152 Å². The summed E-state index contributed by atoms with van der Waals surface area (Å²) in [5, 5.41) is 0. The van der Waals surface area contributed by atoms with Crippen LogP contribution in [0.2, 0.25) is 0 Å². The van der Waals surface area contributed by atoms with Gasteiger partial charge in [0, 0.05) is 42.1 Å². The van der Waals surface area contributed by atoms with Gasteiger partial charge in [0.05, 0.1) is 6.67 Å². The second-order valence-corrected chi connectivity index (χ2v) is 10.9. The average molecular weight is 357 g/mol. The van der Waals surface area contributed by atoms with Gasteiger partial charge in [-0.1, -0.05) is 0 Å². The molecule has 0 saturated heterocycles. The van der Waals surface area contributed by atoms with Crippen molar-refractivity contribution in [2.45, 2.75) is 106 Å². The fourth-order valence-electron chi connectivity index (χ4n) is 3.36. The number of nitrogens with zero attached hydrogens (tertiary/aromatic N) is 4. The van der Waals surface area contributed by atoms with Gasteiger partial charge in [0.2, 0.25) is 0 Å². The van der Waals surface area contributed by atoms with E-state index in [1.54, 1.807) is 0 Å². The van der Waals surface area contributed by atoms with Crippen LogP contribution in [0, 0.1) is 0 Å². The van der Waals surface area contributed by atoms with Crippen LogP contribution in [0.5, 0.6) is 0 Å². The molecular weight excluding hydrogens is 315 g/mol. The second kappa shape index (κ2) is 8.38. The van der Waals surface area contributed by atoms with Crippen LogP contribution in [0.25, 0.3) is 0 Å². The summed E-state index contributed by atoms with van der Waals surface area (Å²) in [5.41, 5.74) is 0.160. The fraction of sp³-hybridized carbons (Fsp3) is 0.895. The summed E-state index contributed by atoms with van der Waals surface area (Å²) >= 11 is 0. The van der Waals surface area contributed by atoms with E-state index >= 15 is 0 Å². The van der Waals surface area contributed by atoms with Gasteiger partial charge in [0.15, 0.2) is 8.37 Å². The minimum absolute atomic E-state index is 0.160. The quantitative estimate of drug-likeness (QED) is 0.574. The van der Waals surface area contributed by atoms with Gasteiger partial charge in [-0.3, -0.25) is 0 Å². The van der Waals surface area contributed by atoms with Gasteiger partial charge in [-0.15, -0.1) is 0 Å². The summed E-state index contributed by atoms with van der Waals surface area (Å²) in [5.74, 6) is 0. The Morgan fingerprint density at radius 2 is 1.12 bits per heavy atom. The van der Waals surface area contributed by atoms with Gasteiger partial charge in [-0.2, -0.15) is 0 Å². The molecule has 0 fully saturated rings. The zero-order chi connectivity index (χ0) is 18.8. The molecule has 1 aliphatic rings. The van der Waals surface area contributed by atoms with Gasteiger partial charge in [0.1, 0.15) is 0 Å². The minimum Gasteiger partial charge on any atom is -0.353 e. The molecule has 0 spiro atoms. The zero-order valence-electron chi connectivity index (χ0n) is 17.9. The van der Waals surface area contributed by atoms with Crippen molar-refractivity contribution in [1.82, 2.24) is 18.9 Å². The Morgan fingerprint density at radius 3 is 1.38 bits per heavy atom. The van der Waals surface area contributed by atoms with Crippen molar-refractivity contribution in [3.8, 4) is 0 Å². The SMILES string of the molecule is CC(C)N(C(C)C)P(N1C=CN(C(C)(C)C)C1)N(C(C)C)C(C)C. The Bertz CT molecular complexity index is 376. The molecular formula is C19H41N4P. The lowest BCUT2D eigenvalue weighted by Crippen LogP contribution is -2.48. The van der Waals surface area contributed by atoms with Crippen molar-refractivity contribution >= 4 is 8.37 Å². The summed E-state index contributed by atoms with van der Waals surface area (Å²) in [7, 11) is -0.549. The zero-order valence-corrected chi connectivity index (χ0v) is 18.8. The topological polar surface area (TPSA) is 13.0 Å². The predicted molar refractivity (Wildman–Crippen MR) is 109 cm³/mol. The van der Waals surface area contributed by atoms with Crippen LogP contribution in [0.3, 0.4) is 0 Å². The summed E-state index contributed by atoms with van der Waals surface area (Å²) in [6.45, 7) is 26.5. The molecule has 0 N–H and O–H groups in total. The van der Waals surface area contributed by atoms with Crippen LogP contribution < -0.4 is 0 Å². The first kappa shape index (κ1) is 21.7. The highest BCUT2D eigenvalue weighted by molar-refractivity contribution is 7.50. The lowest BCUT2D eigenvalue weighted by atomic mass is 10.1. The van der Waals surface area contributed by atoms with Crippen LogP contribution in [0.1, 0.15) is 76.2 Å². The molecule has 5 heteroatoms. The first-order chi connectivity index (χ1) is 10.9. The van der Waals surface area contributed by atoms with Crippen LogP contribution >= 0.6 is 8.37 Å². The van der Waals surface area contributed by atoms with E-state index in [1.807, 2.05) is 0 Å². The van der Waals surface area contributed by atoms with Crippen LogP contribution in [-0.4, -0.2) is 55.3 Å². The highest BCUT2D eigenvalue weighted by Crippen LogP contribution is 2.54. The second-order valence-electron chi connectivity index (χ2n) is 8.92. The smallest absolute Gasteiger partial charge is 0.151 e. The maximum absolute atomic E-state index is 2.70. The van der Waals surface area contributed by atoms with E-state index in [1.165, 1.54) is 0 Å². The fourth-order valence-corrected chi connectivity index (χ4v) is 6.21. The van der Waals surface area contributed by atoms with Crippen molar-refractivity contribution in [3.05, 3.63) is 12.4 Å². The average Bonchev–Trinajstić information content (AvgIpc) is 2.84. The summed E-state index contributed by atoms with van der Waals surface area (Å²) in [6, 6.07) is 2.09. The van der Waals surface area contributed by atoms with E-state index in [4.69, 9.17) is 0 Å². The van der Waals surface area contributed by atoms with E-state index in [2.05, 4.69) is 107 Å². The molecule has 0 saturated carbocycles. The monoisotopic (exact) mass is 356 g/mol. The van der Waals surface area contributed by atoms with Gasteiger partial charge < -0.3 is 9.57 Å². The first-order valence-corrected chi connectivity index (χ1v) is 10.7. The highest BCUT2D eigenvalue weighted by Gasteiger charge is 2.39. The number of hydrogen-bond acceptors (Lipinski definition) is 4. The standard InChI is InChI=1S/C19H41N4P/c1-15(2)22(16(3)4)24(23(17(5)6)18(7)8)21-13-12-20(14-21)19(9,10)11/h12-13,15-18H,14H2,1-11H3. The molecule has 1 rings (SSSR count). The molecule has 4 nitrogen and oxygen atoms in total. The van der Waals surface area contributed by atoms with Crippen LogP contribution in [-0.2, 0) is 0 Å². The molecule has 24 heavy (non-hydrogen) atoms. The van der Waals surface area contributed by atoms with Gasteiger partial charge in [0.25, 0.3) is 0 Å². The van der Waals surface area contributed by atoms with E-state index in [-0.39, 0.29) is 5.54 Å². The molecule has 0 aliphatic carbocycles. The Morgan fingerprint density at radius 1 is 0.750 bits per heavy atom. The first-order valence-electron chi connectivity index (χ1n) is 9.46. The van der Waals surface area contributed by atoms with Crippen molar-refractivity contribution in [1.29, 1.82) is 0 Å². The molecule has 0 unspecified atom stereocenters. The molecule has 142 valence electrons. The van der Waals surface area contributed by atoms with E-state index in [0.29, 0.717) is 24.2 Å². The van der Waals surface area contributed by atoms with E-state index in [0.717, 1.165) is 6.67 Å². The molecule has 0 radical (unpaired) electrons. The Hall–Kier alpha value is -0.310. The molecule has 0 aromatic carbocycles. The van der Waals surface area contributed by atoms with Gasteiger partial charge in [-0.05, 0) is 76.2 Å². The third-order valence-corrected chi connectivity index (χ3v) is 7.73. The lowest BCUT2D eigenvalue weighted by Gasteiger charge is -2.50. The molecule has 0 bridgehead atoms. The van der Waals surface area contributed by atoms with E-state index < -0.39 is 8.37 Å². The largest absolute Gasteiger partial charge is 0.353 e. The maximum Gasteiger partial charge on any atom is 0.151 e. The molecule has 0 aromatic heterocycles. The Balaban J connectivity index is 3.22. The van der Waals surface area contributed by atoms with Crippen molar-refractivity contribution in [2.75, 3.05) is 6.67 Å². The normalized spacial score (nSPS) is 16.6. The minimum atomic E-state index is -0.549. The van der Waals surface area contributed by atoms with Crippen LogP contribution in [0.15, 0.2) is 12.4 Å². The molecule has 0 amide bonds. The number of rotatable bonds is 7. The van der Waals surface area contributed by atoms with Crippen molar-refractivity contribution in [3.63, 3.8) is 0 Å². The third-order valence-electron chi connectivity index (χ3n) is 4.34. The lowest BCUT2D eigenvalue weighted by molar-refractivity contribution is 0.175. The van der Waals surface area contributed by atoms with Crippen molar-refractivity contribution < 1.29 is 0 Å². The van der Waals surface area contributed by atoms with Gasteiger partial charge in [-0.25, -0.2) is 9.34 Å². The molecule has 0 aromatic rings. The van der Waals surface area contributed by atoms with E-state index in [9.17, 15) is 0 Å². The summed E-state index contributed by atoms with van der Waals surface area (Å²) in [6.07, 6.45) is 4.58. The van der Waals surface area contributed by atoms with Crippen molar-refractivity contribution in [2.24, 2.45) is 0 Å².